The molecule has 10 heteroatoms. The highest BCUT2D eigenvalue weighted by Crippen LogP contribution is 2.48. The summed E-state index contributed by atoms with van der Waals surface area (Å²) in [4.78, 5) is 13.4. The molecular formula is C31H45IO8Si. The van der Waals surface area contributed by atoms with Gasteiger partial charge >= 0.3 is 5.97 Å². The first-order chi connectivity index (χ1) is 19.0. The Balaban J connectivity index is 2.28. The van der Waals surface area contributed by atoms with Crippen molar-refractivity contribution in [1.82, 2.24) is 0 Å². The van der Waals surface area contributed by atoms with Crippen LogP contribution >= 0.6 is 22.6 Å². The number of carbonyl (C=O) groups excluding carboxylic acids is 1. The summed E-state index contributed by atoms with van der Waals surface area (Å²) >= 11 is 2.38. The third-order valence-electron chi connectivity index (χ3n) is 7.56. The van der Waals surface area contributed by atoms with Gasteiger partial charge in [-0.25, -0.2) is 0 Å². The summed E-state index contributed by atoms with van der Waals surface area (Å²) < 4.78 is 42.1. The van der Waals surface area contributed by atoms with Crippen LogP contribution in [-0.2, 0) is 14.0 Å². The van der Waals surface area contributed by atoms with Gasteiger partial charge in [0.2, 0.25) is 12.5 Å². The molecule has 0 saturated carbocycles. The van der Waals surface area contributed by atoms with E-state index in [-0.39, 0.29) is 30.3 Å². The number of ether oxygens (including phenoxy) is 6. The SMILES string of the molecule is COc1cc([C@@H](CC(=O)OC(C)(C)C)c2cc3c(cc2C(CI)O[Si](C)(C)C(C)(C)C)OCO3)cc(OC)c1OC. The lowest BCUT2D eigenvalue weighted by atomic mass is 9.83. The molecule has 0 bridgehead atoms. The topological polar surface area (TPSA) is 81.7 Å². The number of alkyl halides is 1. The Morgan fingerprint density at radius 1 is 0.902 bits per heavy atom. The van der Waals surface area contributed by atoms with E-state index in [4.69, 9.17) is 32.8 Å². The van der Waals surface area contributed by atoms with Crippen molar-refractivity contribution in [2.75, 3.05) is 32.5 Å². The van der Waals surface area contributed by atoms with Gasteiger partial charge in [-0.15, -0.1) is 0 Å². The van der Waals surface area contributed by atoms with Crippen LogP contribution in [0.4, 0.5) is 0 Å². The van der Waals surface area contributed by atoms with E-state index in [2.05, 4.69) is 56.5 Å². The normalized spacial score (nSPS) is 14.8. The Hall–Kier alpha value is -2.18. The van der Waals surface area contributed by atoms with Crippen molar-refractivity contribution in [3.8, 4) is 28.7 Å². The number of fused-ring (bicyclic) bond motifs is 1. The van der Waals surface area contributed by atoms with Crippen molar-refractivity contribution >= 4 is 36.9 Å². The first-order valence-electron chi connectivity index (χ1n) is 13.7. The fraction of sp³-hybridized carbons (Fsp3) is 0.581. The van der Waals surface area contributed by atoms with E-state index in [1.165, 1.54) is 0 Å². The maximum atomic E-state index is 13.4. The van der Waals surface area contributed by atoms with Crippen molar-refractivity contribution in [3.63, 3.8) is 0 Å². The smallest absolute Gasteiger partial charge is 0.307 e. The van der Waals surface area contributed by atoms with E-state index in [1.54, 1.807) is 21.3 Å². The number of benzene rings is 2. The zero-order valence-corrected chi connectivity index (χ0v) is 29.4. The second kappa shape index (κ2) is 13.0. The van der Waals surface area contributed by atoms with Gasteiger partial charge in [0.25, 0.3) is 0 Å². The predicted molar refractivity (Wildman–Crippen MR) is 171 cm³/mol. The maximum Gasteiger partial charge on any atom is 0.307 e. The van der Waals surface area contributed by atoms with Crippen LogP contribution in [0.5, 0.6) is 28.7 Å². The molecule has 2 aromatic rings. The monoisotopic (exact) mass is 700 g/mol. The summed E-state index contributed by atoms with van der Waals surface area (Å²) in [5.41, 5.74) is 2.03. The van der Waals surface area contributed by atoms with E-state index in [1.807, 2.05) is 45.0 Å². The molecule has 0 radical (unpaired) electrons. The minimum Gasteiger partial charge on any atom is -0.493 e. The molecular weight excluding hydrogens is 655 g/mol. The zero-order valence-electron chi connectivity index (χ0n) is 26.2. The van der Waals surface area contributed by atoms with Crippen LogP contribution in [-0.4, -0.2) is 52.4 Å². The Bertz CT molecular complexity index is 1210. The molecule has 1 unspecified atom stereocenters. The molecule has 1 heterocycles. The molecule has 3 rings (SSSR count). The third-order valence-corrected chi connectivity index (χ3v) is 12.9. The van der Waals surface area contributed by atoms with Gasteiger partial charge in [-0.2, -0.15) is 0 Å². The number of rotatable bonds is 11. The van der Waals surface area contributed by atoms with Gasteiger partial charge in [0.1, 0.15) is 5.60 Å². The minimum absolute atomic E-state index is 0.0141. The molecule has 8 nitrogen and oxygen atoms in total. The van der Waals surface area contributed by atoms with Crippen LogP contribution in [0.3, 0.4) is 0 Å². The third kappa shape index (κ3) is 7.81. The van der Waals surface area contributed by atoms with Crippen molar-refractivity contribution in [2.24, 2.45) is 0 Å². The van der Waals surface area contributed by atoms with Crippen molar-refractivity contribution < 1.29 is 37.6 Å². The average Bonchev–Trinajstić information content (AvgIpc) is 3.34. The molecule has 228 valence electrons. The highest BCUT2D eigenvalue weighted by atomic mass is 127. The van der Waals surface area contributed by atoms with Gasteiger partial charge in [0.05, 0.1) is 33.9 Å². The van der Waals surface area contributed by atoms with Gasteiger partial charge in [-0.3, -0.25) is 4.79 Å². The number of hydrogen-bond donors (Lipinski definition) is 0. The van der Waals surface area contributed by atoms with Crippen molar-refractivity contribution in [1.29, 1.82) is 0 Å². The molecule has 0 amide bonds. The second-order valence-corrected chi connectivity index (χ2v) is 18.3. The quantitative estimate of drug-likeness (QED) is 0.102. The van der Waals surface area contributed by atoms with Crippen LogP contribution in [0.15, 0.2) is 24.3 Å². The number of halogens is 1. The molecule has 1 aliphatic heterocycles. The first kappa shape index (κ1) is 33.3. The van der Waals surface area contributed by atoms with Gasteiger partial charge in [-0.05, 0) is 79.9 Å². The molecule has 0 spiro atoms. The molecule has 0 aromatic heterocycles. The Kier molecular flexibility index (Phi) is 10.6. The summed E-state index contributed by atoms with van der Waals surface area (Å²) in [7, 11) is 2.56. The van der Waals surface area contributed by atoms with Crippen LogP contribution in [0.1, 0.15) is 76.7 Å². The lowest BCUT2D eigenvalue weighted by molar-refractivity contribution is -0.155. The van der Waals surface area contributed by atoms with E-state index in [9.17, 15) is 4.79 Å². The van der Waals surface area contributed by atoms with Crippen molar-refractivity contribution in [2.45, 2.75) is 83.7 Å². The predicted octanol–water partition coefficient (Wildman–Crippen LogP) is 7.80. The van der Waals surface area contributed by atoms with Crippen LogP contribution < -0.4 is 23.7 Å². The largest absolute Gasteiger partial charge is 0.493 e. The molecule has 1 aliphatic rings. The molecule has 0 saturated heterocycles. The van der Waals surface area contributed by atoms with Crippen LogP contribution in [0, 0.1) is 0 Å². The summed E-state index contributed by atoms with van der Waals surface area (Å²) in [5.74, 6) is 2.02. The fourth-order valence-corrected chi connectivity index (χ4v) is 6.79. The van der Waals surface area contributed by atoms with Gasteiger partial charge in [0.15, 0.2) is 31.3 Å². The number of methoxy groups -OCH3 is 3. The summed E-state index contributed by atoms with van der Waals surface area (Å²) in [5, 5.41) is 0.0141. The molecule has 0 aliphatic carbocycles. The zero-order chi connectivity index (χ0) is 30.8. The lowest BCUT2D eigenvalue weighted by Gasteiger charge is -2.39. The summed E-state index contributed by atoms with van der Waals surface area (Å²) in [6, 6.07) is 7.76. The number of esters is 1. The van der Waals surface area contributed by atoms with E-state index < -0.39 is 19.8 Å². The standard InChI is InChI=1S/C31H45IO8Si/c1-30(2,3)39-28(33)16-20(19-12-25(34-7)29(36-9)26(13-19)35-8)21-14-23-24(38-18-37-23)15-22(21)27(17-32)40-41(10,11)31(4,5)6/h12-15,20,27H,16-18H2,1-11H3/t20-,27?/m1/s1. The van der Waals surface area contributed by atoms with Crippen LogP contribution in [0.25, 0.3) is 0 Å². The highest BCUT2D eigenvalue weighted by Gasteiger charge is 2.40. The fourth-order valence-electron chi connectivity index (χ4n) is 4.52. The first-order valence-corrected chi connectivity index (χ1v) is 18.2. The lowest BCUT2D eigenvalue weighted by Crippen LogP contribution is -2.42. The van der Waals surface area contributed by atoms with E-state index in [0.717, 1.165) is 16.7 Å². The van der Waals surface area contributed by atoms with Gasteiger partial charge < -0.3 is 32.8 Å². The van der Waals surface area contributed by atoms with E-state index in [0.29, 0.717) is 33.2 Å². The number of carbonyl (C=O) groups is 1. The molecule has 2 aromatic carbocycles. The minimum atomic E-state index is -2.16. The average molecular weight is 701 g/mol. The van der Waals surface area contributed by atoms with E-state index >= 15 is 0 Å². The molecule has 0 N–H and O–H groups in total. The molecule has 41 heavy (non-hydrogen) atoms. The Morgan fingerprint density at radius 3 is 1.88 bits per heavy atom. The Morgan fingerprint density at radius 2 is 1.44 bits per heavy atom. The van der Waals surface area contributed by atoms with Crippen molar-refractivity contribution in [3.05, 3.63) is 41.0 Å². The van der Waals surface area contributed by atoms with Crippen LogP contribution in [0.2, 0.25) is 18.1 Å². The molecule has 0 fully saturated rings. The molecule has 2 atom stereocenters. The highest BCUT2D eigenvalue weighted by molar-refractivity contribution is 14.1. The van der Waals surface area contributed by atoms with Gasteiger partial charge in [-0.1, -0.05) is 43.4 Å². The van der Waals surface area contributed by atoms with Gasteiger partial charge in [0, 0.05) is 10.3 Å². The summed E-state index contributed by atoms with van der Waals surface area (Å²) in [6.45, 7) is 16.9. The Labute approximate surface area is 259 Å². The number of hydrogen-bond acceptors (Lipinski definition) is 8. The second-order valence-electron chi connectivity index (χ2n) is 12.7. The summed E-state index contributed by atoms with van der Waals surface area (Å²) in [6.07, 6.45) is -0.152. The maximum absolute atomic E-state index is 13.4.